The molecule has 1 aromatic heterocycles. The van der Waals surface area contributed by atoms with Gasteiger partial charge in [-0.2, -0.15) is 4.39 Å². The molecule has 0 aliphatic heterocycles. The molecule has 0 unspecified atom stereocenters. The van der Waals surface area contributed by atoms with E-state index < -0.39 is 33.0 Å². The van der Waals surface area contributed by atoms with Crippen LogP contribution in [-0.2, 0) is 11.3 Å². The van der Waals surface area contributed by atoms with Crippen LogP contribution in [0.3, 0.4) is 0 Å². The second-order valence-electron chi connectivity index (χ2n) is 6.00. The Morgan fingerprint density at radius 2 is 1.90 bits per heavy atom. The Hall–Kier alpha value is -4.09. The van der Waals surface area contributed by atoms with Crippen molar-refractivity contribution in [2.24, 2.45) is 0 Å². The lowest BCUT2D eigenvalue weighted by Gasteiger charge is -2.06. The van der Waals surface area contributed by atoms with Gasteiger partial charge in [0.1, 0.15) is 0 Å². The number of non-ortho nitro benzene ring substituents is 1. The average molecular weight is 404 g/mol. The van der Waals surface area contributed by atoms with E-state index in [1.54, 1.807) is 0 Å². The van der Waals surface area contributed by atoms with Gasteiger partial charge in [-0.15, -0.1) is 0 Å². The summed E-state index contributed by atoms with van der Waals surface area (Å²) in [6.45, 7) is 0.112. The minimum Gasteiger partial charge on any atom is -0.407 e. The second kappa shape index (κ2) is 7.88. The molecule has 3 rings (SSSR count). The van der Waals surface area contributed by atoms with E-state index in [2.05, 4.69) is 5.32 Å². The predicted octanol–water partition coefficient (Wildman–Crippen LogP) is 2.97. The Balaban J connectivity index is 1.64. The van der Waals surface area contributed by atoms with E-state index in [1.165, 1.54) is 22.8 Å². The fraction of sp³-hybridized carbons (Fsp3) is 0.176. The van der Waals surface area contributed by atoms with Crippen molar-refractivity contribution in [2.75, 3.05) is 5.32 Å². The molecule has 1 N–H and O–H groups in total. The summed E-state index contributed by atoms with van der Waals surface area (Å²) >= 11 is 0. The first-order valence-electron chi connectivity index (χ1n) is 8.28. The molecule has 3 aromatic rings. The van der Waals surface area contributed by atoms with Gasteiger partial charge in [0.05, 0.1) is 21.4 Å². The number of aromatic nitrogens is 1. The van der Waals surface area contributed by atoms with E-state index in [-0.39, 0.29) is 36.3 Å². The van der Waals surface area contributed by atoms with E-state index in [4.69, 9.17) is 4.42 Å². The van der Waals surface area contributed by atoms with Gasteiger partial charge in [0, 0.05) is 30.8 Å². The highest BCUT2D eigenvalue weighted by Gasteiger charge is 2.16. The molecule has 0 spiro atoms. The van der Waals surface area contributed by atoms with Crippen LogP contribution in [0, 0.1) is 26.0 Å². The highest BCUT2D eigenvalue weighted by atomic mass is 19.1. The molecule has 29 heavy (non-hydrogen) atoms. The Labute approximate surface area is 160 Å². The first-order valence-corrected chi connectivity index (χ1v) is 8.28. The summed E-state index contributed by atoms with van der Waals surface area (Å²) in [4.78, 5) is 44.0. The number of carbonyl (C=O) groups excluding carboxylic acids is 1. The van der Waals surface area contributed by atoms with E-state index >= 15 is 0 Å². The maximum Gasteiger partial charge on any atom is 0.419 e. The van der Waals surface area contributed by atoms with Crippen LogP contribution in [0.1, 0.15) is 12.8 Å². The first-order chi connectivity index (χ1) is 13.8. The first kappa shape index (κ1) is 19.7. The molecule has 1 amide bonds. The van der Waals surface area contributed by atoms with Crippen LogP contribution in [0.25, 0.3) is 11.1 Å². The summed E-state index contributed by atoms with van der Waals surface area (Å²) in [6.07, 6.45) is 0.192. The summed E-state index contributed by atoms with van der Waals surface area (Å²) in [7, 11) is 0. The SMILES string of the molecule is O=C(CCCn1c(=O)oc2cc([N+](=O)[O-])ccc21)Nc1ccc(F)c([N+](=O)[O-])c1. The molecule has 2 aromatic carbocycles. The highest BCUT2D eigenvalue weighted by Crippen LogP contribution is 2.22. The number of nitro groups is 2. The van der Waals surface area contributed by atoms with E-state index in [1.807, 2.05) is 0 Å². The van der Waals surface area contributed by atoms with Gasteiger partial charge in [0.15, 0.2) is 5.58 Å². The van der Waals surface area contributed by atoms with E-state index in [0.717, 1.165) is 18.2 Å². The number of fused-ring (bicyclic) bond motifs is 1. The number of nitrogens with one attached hydrogen (secondary N) is 1. The summed E-state index contributed by atoms with van der Waals surface area (Å²) in [5.74, 6) is -2.21. The molecule has 0 radical (unpaired) electrons. The fourth-order valence-corrected chi connectivity index (χ4v) is 2.73. The highest BCUT2D eigenvalue weighted by molar-refractivity contribution is 5.91. The number of nitrogens with zero attached hydrogens (tertiary/aromatic N) is 3. The zero-order valence-corrected chi connectivity index (χ0v) is 14.7. The van der Waals surface area contributed by atoms with Gasteiger partial charge in [-0.3, -0.25) is 29.6 Å². The second-order valence-corrected chi connectivity index (χ2v) is 6.00. The molecule has 12 heteroatoms. The molecule has 0 saturated heterocycles. The largest absolute Gasteiger partial charge is 0.419 e. The smallest absolute Gasteiger partial charge is 0.407 e. The maximum atomic E-state index is 13.3. The number of hydrogen-bond donors (Lipinski definition) is 1. The van der Waals surface area contributed by atoms with Crippen molar-refractivity contribution in [2.45, 2.75) is 19.4 Å². The minimum atomic E-state index is -1.01. The quantitative estimate of drug-likeness (QED) is 0.469. The van der Waals surface area contributed by atoms with Crippen LogP contribution in [0.4, 0.5) is 21.5 Å². The molecule has 0 atom stereocenters. The van der Waals surface area contributed by atoms with Crippen LogP contribution >= 0.6 is 0 Å². The van der Waals surface area contributed by atoms with Crippen LogP contribution in [0.2, 0.25) is 0 Å². The van der Waals surface area contributed by atoms with Gasteiger partial charge >= 0.3 is 11.4 Å². The van der Waals surface area contributed by atoms with Crippen molar-refractivity contribution >= 4 is 34.1 Å². The van der Waals surface area contributed by atoms with Crippen LogP contribution in [-0.4, -0.2) is 20.3 Å². The topological polar surface area (TPSA) is 151 Å². The molecule has 0 aliphatic carbocycles. The van der Waals surface area contributed by atoms with Crippen molar-refractivity contribution < 1.29 is 23.4 Å². The molecule has 150 valence electrons. The normalized spacial score (nSPS) is 10.8. The number of oxazole rings is 1. The zero-order chi connectivity index (χ0) is 21.1. The van der Waals surface area contributed by atoms with Crippen molar-refractivity contribution in [3.8, 4) is 0 Å². The minimum absolute atomic E-state index is 0.0305. The van der Waals surface area contributed by atoms with Gasteiger partial charge in [0.2, 0.25) is 11.7 Å². The number of aryl methyl sites for hydroxylation is 1. The lowest BCUT2D eigenvalue weighted by molar-refractivity contribution is -0.387. The number of nitro benzene ring substituents is 2. The molecule has 11 nitrogen and oxygen atoms in total. The number of benzene rings is 2. The summed E-state index contributed by atoms with van der Waals surface area (Å²) in [5.41, 5.74) is -0.483. The fourth-order valence-electron chi connectivity index (χ4n) is 2.73. The number of amides is 1. The van der Waals surface area contributed by atoms with Gasteiger partial charge in [-0.05, 0) is 24.6 Å². The summed E-state index contributed by atoms with van der Waals surface area (Å²) in [6, 6.07) is 6.75. The zero-order valence-electron chi connectivity index (χ0n) is 14.7. The molecule has 0 saturated carbocycles. The molecule has 0 fully saturated rings. The van der Waals surface area contributed by atoms with Gasteiger partial charge in [-0.1, -0.05) is 0 Å². The lowest BCUT2D eigenvalue weighted by Crippen LogP contribution is -2.17. The Morgan fingerprint density at radius 1 is 1.14 bits per heavy atom. The number of carbonyl (C=O) groups is 1. The van der Waals surface area contributed by atoms with E-state index in [0.29, 0.717) is 5.52 Å². The van der Waals surface area contributed by atoms with Crippen molar-refractivity contribution in [1.29, 1.82) is 0 Å². The molecule has 1 heterocycles. The van der Waals surface area contributed by atoms with Crippen LogP contribution in [0.15, 0.2) is 45.6 Å². The third-order valence-corrected chi connectivity index (χ3v) is 4.07. The number of hydrogen-bond acceptors (Lipinski definition) is 7. The third-order valence-electron chi connectivity index (χ3n) is 4.07. The summed E-state index contributed by atoms with van der Waals surface area (Å²) in [5, 5.41) is 23.9. The number of anilines is 1. The van der Waals surface area contributed by atoms with Gasteiger partial charge in [0.25, 0.3) is 5.69 Å². The third kappa shape index (κ3) is 4.26. The maximum absolute atomic E-state index is 13.3. The Kier molecular flexibility index (Phi) is 5.34. The standard InChI is InChI=1S/C17H13FN4O7/c18-12-5-3-10(8-14(12)22(27)28)19-16(23)2-1-7-20-13-6-4-11(21(25)26)9-15(13)29-17(20)24/h3-6,8-9H,1-2,7H2,(H,19,23). The number of halogens is 1. The van der Waals surface area contributed by atoms with Crippen LogP contribution in [0.5, 0.6) is 0 Å². The predicted molar refractivity (Wildman–Crippen MR) is 98.0 cm³/mol. The van der Waals surface area contributed by atoms with Crippen molar-refractivity contribution in [3.63, 3.8) is 0 Å². The lowest BCUT2D eigenvalue weighted by atomic mass is 10.2. The molecule has 0 aliphatic rings. The van der Waals surface area contributed by atoms with Gasteiger partial charge in [-0.25, -0.2) is 4.79 Å². The molecular formula is C17H13FN4O7. The van der Waals surface area contributed by atoms with Crippen molar-refractivity contribution in [3.05, 3.63) is 73.0 Å². The number of rotatable bonds is 7. The van der Waals surface area contributed by atoms with E-state index in [9.17, 15) is 34.2 Å². The van der Waals surface area contributed by atoms with Gasteiger partial charge < -0.3 is 9.73 Å². The average Bonchev–Trinajstić information content (AvgIpc) is 2.97. The molecule has 0 bridgehead atoms. The Bertz CT molecular complexity index is 1180. The van der Waals surface area contributed by atoms with Crippen LogP contribution < -0.4 is 11.1 Å². The molecular weight excluding hydrogens is 391 g/mol. The van der Waals surface area contributed by atoms with Crippen molar-refractivity contribution in [1.82, 2.24) is 4.57 Å². The monoisotopic (exact) mass is 404 g/mol. The Morgan fingerprint density at radius 3 is 2.59 bits per heavy atom. The summed E-state index contributed by atoms with van der Waals surface area (Å²) < 4.78 is 19.6.